The first-order valence-electron chi connectivity index (χ1n) is 7.52. The Bertz CT molecular complexity index is 244. The standard InChI is InChI=1S/C15H28O4.Li/c1-2-3-4-5-6-7-8-9-10-11-12-19-15(18)13-14(16)17;/h2-13H2,1H3,(H,16,17);/q;+1/p-1. The quantitative estimate of drug-likeness (QED) is 0.199. The van der Waals surface area contributed by atoms with Crippen LogP contribution < -0.4 is 24.0 Å². The van der Waals surface area contributed by atoms with Crippen molar-refractivity contribution in [2.24, 2.45) is 0 Å². The molecule has 0 saturated carbocycles. The molecule has 0 aliphatic rings. The zero-order valence-electron chi connectivity index (χ0n) is 13.1. The van der Waals surface area contributed by atoms with Gasteiger partial charge in [-0.05, 0) is 6.42 Å². The van der Waals surface area contributed by atoms with Gasteiger partial charge >= 0.3 is 24.8 Å². The average Bonchev–Trinajstić information content (AvgIpc) is 2.35. The summed E-state index contributed by atoms with van der Waals surface area (Å²) < 4.78 is 4.77. The predicted octanol–water partition coefficient (Wildman–Crippen LogP) is -0.405. The normalized spacial score (nSPS) is 9.85. The Kier molecular flexibility index (Phi) is 18.1. The topological polar surface area (TPSA) is 66.4 Å². The molecular formula is C15H27LiO4. The smallest absolute Gasteiger partial charge is 0.550 e. The Labute approximate surface area is 134 Å². The summed E-state index contributed by atoms with van der Waals surface area (Å²) in [6.45, 7) is 2.54. The van der Waals surface area contributed by atoms with Crippen LogP contribution in [0.4, 0.5) is 0 Å². The SMILES string of the molecule is CCCCCCCCCCCCOC(=O)CC(=O)[O-].[Li+]. The Morgan fingerprint density at radius 3 is 1.75 bits per heavy atom. The molecule has 0 spiro atoms. The van der Waals surface area contributed by atoms with E-state index in [1.54, 1.807) is 0 Å². The number of rotatable bonds is 13. The second kappa shape index (κ2) is 16.6. The van der Waals surface area contributed by atoms with Gasteiger partial charge in [-0.1, -0.05) is 64.7 Å². The second-order valence-electron chi connectivity index (χ2n) is 4.95. The molecule has 0 aromatic heterocycles. The molecule has 0 aliphatic carbocycles. The molecule has 0 radical (unpaired) electrons. The Morgan fingerprint density at radius 2 is 1.30 bits per heavy atom. The average molecular weight is 278 g/mol. The minimum atomic E-state index is -1.38. The third-order valence-corrected chi connectivity index (χ3v) is 3.05. The second-order valence-corrected chi connectivity index (χ2v) is 4.95. The van der Waals surface area contributed by atoms with Gasteiger partial charge in [0.05, 0.1) is 19.0 Å². The summed E-state index contributed by atoms with van der Waals surface area (Å²) in [5.74, 6) is -2.08. The van der Waals surface area contributed by atoms with E-state index in [4.69, 9.17) is 4.74 Å². The summed E-state index contributed by atoms with van der Waals surface area (Å²) in [5, 5.41) is 10.1. The van der Waals surface area contributed by atoms with E-state index in [-0.39, 0.29) is 18.9 Å². The predicted molar refractivity (Wildman–Crippen MR) is 72.4 cm³/mol. The maximum atomic E-state index is 10.9. The van der Waals surface area contributed by atoms with Crippen molar-refractivity contribution in [2.75, 3.05) is 6.61 Å². The van der Waals surface area contributed by atoms with Gasteiger partial charge in [-0.2, -0.15) is 0 Å². The fourth-order valence-electron chi connectivity index (χ4n) is 1.94. The molecule has 0 aliphatic heterocycles. The van der Waals surface area contributed by atoms with E-state index in [0.29, 0.717) is 6.61 Å². The van der Waals surface area contributed by atoms with Gasteiger partial charge in [0.2, 0.25) is 0 Å². The maximum Gasteiger partial charge on any atom is 1.00 e. The molecule has 0 rings (SSSR count). The van der Waals surface area contributed by atoms with Crippen LogP contribution in [0, 0.1) is 0 Å². The van der Waals surface area contributed by atoms with Gasteiger partial charge in [-0.25, -0.2) is 0 Å². The van der Waals surface area contributed by atoms with Gasteiger partial charge in [0.1, 0.15) is 0 Å². The summed E-state index contributed by atoms with van der Waals surface area (Å²) in [6, 6.07) is 0. The zero-order chi connectivity index (χ0) is 14.3. The maximum absolute atomic E-state index is 10.9. The van der Waals surface area contributed by atoms with E-state index in [0.717, 1.165) is 19.3 Å². The van der Waals surface area contributed by atoms with Crippen LogP contribution in [0.25, 0.3) is 0 Å². The molecule has 20 heavy (non-hydrogen) atoms. The first-order valence-corrected chi connectivity index (χ1v) is 7.52. The molecule has 0 aromatic rings. The van der Waals surface area contributed by atoms with Gasteiger partial charge in [0.25, 0.3) is 0 Å². The van der Waals surface area contributed by atoms with Crippen LogP contribution in [0.2, 0.25) is 0 Å². The van der Waals surface area contributed by atoms with Crippen molar-refractivity contribution in [1.82, 2.24) is 0 Å². The fraction of sp³-hybridized carbons (Fsp3) is 0.867. The summed E-state index contributed by atoms with van der Waals surface area (Å²) >= 11 is 0. The Hall–Kier alpha value is -0.463. The number of hydrogen-bond donors (Lipinski definition) is 0. The summed E-state index contributed by atoms with van der Waals surface area (Å²) in [7, 11) is 0. The van der Waals surface area contributed by atoms with E-state index in [9.17, 15) is 14.7 Å². The monoisotopic (exact) mass is 278 g/mol. The van der Waals surface area contributed by atoms with Crippen LogP contribution in [0.1, 0.15) is 77.6 Å². The summed E-state index contributed by atoms with van der Waals surface area (Å²) in [6.07, 6.45) is 11.5. The van der Waals surface area contributed by atoms with E-state index in [1.807, 2.05) is 0 Å². The Balaban J connectivity index is 0. The molecular weight excluding hydrogens is 251 g/mol. The number of carbonyl (C=O) groups is 2. The minimum absolute atomic E-state index is 0. The number of carboxylic acid groups (broad SMARTS) is 1. The van der Waals surface area contributed by atoms with E-state index >= 15 is 0 Å². The third-order valence-electron chi connectivity index (χ3n) is 3.05. The molecule has 0 saturated heterocycles. The number of hydrogen-bond acceptors (Lipinski definition) is 4. The van der Waals surface area contributed by atoms with Crippen LogP contribution >= 0.6 is 0 Å². The number of unbranched alkanes of at least 4 members (excludes halogenated alkanes) is 9. The van der Waals surface area contributed by atoms with Crippen molar-refractivity contribution in [2.45, 2.75) is 77.6 Å². The number of carboxylic acids is 1. The van der Waals surface area contributed by atoms with Crippen LogP contribution in [0.15, 0.2) is 0 Å². The number of esters is 1. The van der Waals surface area contributed by atoms with Gasteiger partial charge in [-0.3, -0.25) is 4.79 Å². The molecule has 0 fully saturated rings. The van der Waals surface area contributed by atoms with E-state index in [2.05, 4.69) is 6.92 Å². The number of ether oxygens (including phenoxy) is 1. The molecule has 4 nitrogen and oxygen atoms in total. The van der Waals surface area contributed by atoms with Crippen molar-refractivity contribution in [1.29, 1.82) is 0 Å². The van der Waals surface area contributed by atoms with Crippen LogP contribution in [-0.2, 0) is 14.3 Å². The largest absolute Gasteiger partial charge is 1.00 e. The van der Waals surface area contributed by atoms with Crippen molar-refractivity contribution in [3.8, 4) is 0 Å². The van der Waals surface area contributed by atoms with Gasteiger partial charge in [0, 0.05) is 0 Å². The van der Waals surface area contributed by atoms with Gasteiger partial charge < -0.3 is 14.6 Å². The van der Waals surface area contributed by atoms with E-state index < -0.39 is 18.4 Å². The molecule has 0 unspecified atom stereocenters. The van der Waals surface area contributed by atoms with Gasteiger partial charge in [0.15, 0.2) is 0 Å². The van der Waals surface area contributed by atoms with Crippen LogP contribution in [0.5, 0.6) is 0 Å². The van der Waals surface area contributed by atoms with Gasteiger partial charge in [-0.15, -0.1) is 0 Å². The molecule has 0 amide bonds. The van der Waals surface area contributed by atoms with Crippen molar-refractivity contribution < 1.29 is 38.3 Å². The molecule has 0 heterocycles. The molecule has 112 valence electrons. The van der Waals surface area contributed by atoms with Crippen molar-refractivity contribution in [3.05, 3.63) is 0 Å². The molecule has 0 N–H and O–H groups in total. The molecule has 0 bridgehead atoms. The first kappa shape index (κ1) is 21.8. The molecule has 0 aromatic carbocycles. The zero-order valence-corrected chi connectivity index (χ0v) is 13.1. The third kappa shape index (κ3) is 17.5. The summed E-state index contributed by atoms with van der Waals surface area (Å²) in [4.78, 5) is 21.0. The molecule has 0 atom stereocenters. The van der Waals surface area contributed by atoms with Crippen molar-refractivity contribution in [3.63, 3.8) is 0 Å². The number of aliphatic carboxylic acids is 1. The summed E-state index contributed by atoms with van der Waals surface area (Å²) in [5.41, 5.74) is 0. The van der Waals surface area contributed by atoms with Crippen LogP contribution in [-0.4, -0.2) is 18.5 Å². The molecule has 5 heteroatoms. The van der Waals surface area contributed by atoms with E-state index in [1.165, 1.54) is 44.9 Å². The van der Waals surface area contributed by atoms with Crippen molar-refractivity contribution >= 4 is 11.9 Å². The fourth-order valence-corrected chi connectivity index (χ4v) is 1.94. The Morgan fingerprint density at radius 1 is 0.850 bits per heavy atom. The van der Waals surface area contributed by atoms with Crippen LogP contribution in [0.3, 0.4) is 0 Å². The first-order chi connectivity index (χ1) is 9.16. The number of carbonyl (C=O) groups excluding carboxylic acids is 2. The minimum Gasteiger partial charge on any atom is -0.550 e.